The Kier molecular flexibility index (Phi) is 5.63. The number of halogens is 1. The Morgan fingerprint density at radius 3 is 2.46 bits per heavy atom. The molecule has 4 rings (SSSR count). The van der Waals surface area contributed by atoms with Gasteiger partial charge >= 0.3 is 0 Å². The van der Waals surface area contributed by atoms with Gasteiger partial charge in [0.15, 0.2) is 0 Å². The molecule has 2 heterocycles. The van der Waals surface area contributed by atoms with Crippen LogP contribution >= 0.6 is 11.6 Å². The van der Waals surface area contributed by atoms with E-state index < -0.39 is 0 Å². The molecule has 144 valence electrons. The minimum Gasteiger partial charge on any atom is -0.367 e. The highest BCUT2D eigenvalue weighted by atomic mass is 35.5. The number of carbonyl (C=O) groups excluding carboxylic acids is 1. The predicted molar refractivity (Wildman–Crippen MR) is 111 cm³/mol. The molecule has 0 spiro atoms. The second-order valence-corrected chi connectivity index (χ2v) is 7.27. The van der Waals surface area contributed by atoms with Crippen molar-refractivity contribution in [3.63, 3.8) is 0 Å². The van der Waals surface area contributed by atoms with Crippen molar-refractivity contribution in [3.05, 3.63) is 71.4 Å². The van der Waals surface area contributed by atoms with Crippen molar-refractivity contribution in [2.45, 2.75) is 12.8 Å². The lowest BCUT2D eigenvalue weighted by Crippen LogP contribution is -2.48. The molecule has 1 amide bonds. The summed E-state index contributed by atoms with van der Waals surface area (Å²) in [5.41, 5.74) is 2.85. The maximum Gasteiger partial charge on any atom is 0.223 e. The molecule has 0 aliphatic carbocycles. The predicted octanol–water partition coefficient (Wildman–Crippen LogP) is 4.28. The number of piperazine rings is 1. The highest BCUT2D eigenvalue weighted by molar-refractivity contribution is 6.33. The largest absolute Gasteiger partial charge is 0.367 e. The number of aryl methyl sites for hydroxylation is 1. The summed E-state index contributed by atoms with van der Waals surface area (Å²) in [6.45, 7) is 2.98. The maximum absolute atomic E-state index is 12.6. The third-order valence-electron chi connectivity index (χ3n) is 5.04. The van der Waals surface area contributed by atoms with Gasteiger partial charge in [0.05, 0.1) is 10.7 Å². The Hall–Kier alpha value is -2.79. The molecule has 1 aliphatic rings. The third-order valence-corrected chi connectivity index (χ3v) is 5.36. The van der Waals surface area contributed by atoms with Crippen LogP contribution in [0.4, 0.5) is 5.69 Å². The van der Waals surface area contributed by atoms with Gasteiger partial charge in [-0.2, -0.15) is 0 Å². The first-order valence-electron chi connectivity index (χ1n) is 9.49. The zero-order valence-electron chi connectivity index (χ0n) is 15.6. The van der Waals surface area contributed by atoms with E-state index in [1.807, 2.05) is 65.6 Å². The van der Waals surface area contributed by atoms with Crippen molar-refractivity contribution in [1.29, 1.82) is 0 Å². The average molecular weight is 396 g/mol. The van der Waals surface area contributed by atoms with Crippen LogP contribution in [-0.4, -0.2) is 42.1 Å². The Bertz CT molecular complexity index is 934. The fraction of sp³-hybridized carbons (Fsp3) is 0.273. The van der Waals surface area contributed by atoms with Gasteiger partial charge in [0, 0.05) is 50.7 Å². The lowest BCUT2D eigenvalue weighted by molar-refractivity contribution is -0.131. The Morgan fingerprint density at radius 1 is 1.00 bits per heavy atom. The van der Waals surface area contributed by atoms with E-state index in [0.717, 1.165) is 40.8 Å². The van der Waals surface area contributed by atoms with Crippen LogP contribution in [0.1, 0.15) is 12.2 Å². The molecular formula is C22H22ClN3O2. The summed E-state index contributed by atoms with van der Waals surface area (Å²) in [4.78, 5) is 16.7. The van der Waals surface area contributed by atoms with Crippen LogP contribution in [0.3, 0.4) is 0 Å². The van der Waals surface area contributed by atoms with Crippen molar-refractivity contribution >= 4 is 23.2 Å². The molecule has 5 nitrogen and oxygen atoms in total. The molecular weight excluding hydrogens is 374 g/mol. The smallest absolute Gasteiger partial charge is 0.223 e. The van der Waals surface area contributed by atoms with Crippen molar-refractivity contribution < 1.29 is 9.32 Å². The molecule has 1 aliphatic heterocycles. The number of aromatic nitrogens is 1. The maximum atomic E-state index is 12.6. The third kappa shape index (κ3) is 4.20. The quantitative estimate of drug-likeness (QED) is 0.647. The zero-order chi connectivity index (χ0) is 19.3. The molecule has 0 unspecified atom stereocenters. The molecule has 0 atom stereocenters. The van der Waals surface area contributed by atoms with Crippen molar-refractivity contribution in [2.75, 3.05) is 31.1 Å². The molecule has 0 radical (unpaired) electrons. The molecule has 1 fully saturated rings. The van der Waals surface area contributed by atoms with E-state index in [4.69, 9.17) is 16.1 Å². The van der Waals surface area contributed by atoms with Gasteiger partial charge in [-0.05, 0) is 12.1 Å². The van der Waals surface area contributed by atoms with Crippen LogP contribution in [0.5, 0.6) is 0 Å². The van der Waals surface area contributed by atoms with Crippen molar-refractivity contribution in [3.8, 4) is 11.3 Å². The van der Waals surface area contributed by atoms with Gasteiger partial charge in [0.2, 0.25) is 5.91 Å². The highest BCUT2D eigenvalue weighted by Gasteiger charge is 2.22. The SMILES string of the molecule is O=C(CCc1cc(-c2ccccc2)no1)N1CCN(c2ccccc2Cl)CC1. The number of anilines is 1. The number of para-hydroxylation sites is 1. The van der Waals surface area contributed by atoms with Gasteiger partial charge in [0.1, 0.15) is 11.5 Å². The monoisotopic (exact) mass is 395 g/mol. The minimum atomic E-state index is 0.150. The number of amides is 1. The summed E-state index contributed by atoms with van der Waals surface area (Å²) in [7, 11) is 0. The van der Waals surface area contributed by atoms with Gasteiger partial charge in [-0.1, -0.05) is 59.2 Å². The van der Waals surface area contributed by atoms with E-state index in [1.54, 1.807) is 0 Å². The fourth-order valence-corrected chi connectivity index (χ4v) is 3.72. The average Bonchev–Trinajstić information content (AvgIpc) is 3.22. The number of rotatable bonds is 5. The topological polar surface area (TPSA) is 49.6 Å². The number of nitrogens with zero attached hydrogens (tertiary/aromatic N) is 3. The van der Waals surface area contributed by atoms with Crippen molar-refractivity contribution in [2.24, 2.45) is 0 Å². The van der Waals surface area contributed by atoms with Gasteiger partial charge in [-0.3, -0.25) is 4.79 Å². The number of hydrogen-bond acceptors (Lipinski definition) is 4. The first-order valence-corrected chi connectivity index (χ1v) is 9.87. The van der Waals surface area contributed by atoms with E-state index in [-0.39, 0.29) is 5.91 Å². The summed E-state index contributed by atoms with van der Waals surface area (Å²) in [6.07, 6.45) is 0.985. The molecule has 2 aromatic carbocycles. The number of hydrogen-bond donors (Lipinski definition) is 0. The number of carbonyl (C=O) groups is 1. The van der Waals surface area contributed by atoms with Gasteiger partial charge in [-0.15, -0.1) is 0 Å². The highest BCUT2D eigenvalue weighted by Crippen LogP contribution is 2.26. The summed E-state index contributed by atoms with van der Waals surface area (Å²) in [5.74, 6) is 0.887. The first-order chi connectivity index (χ1) is 13.7. The van der Waals surface area contributed by atoms with Crippen LogP contribution in [0.15, 0.2) is 65.2 Å². The first kappa shape index (κ1) is 18.6. The minimum absolute atomic E-state index is 0.150. The summed E-state index contributed by atoms with van der Waals surface area (Å²) >= 11 is 6.28. The van der Waals surface area contributed by atoms with E-state index in [9.17, 15) is 4.79 Å². The van der Waals surface area contributed by atoms with Gasteiger partial charge in [0.25, 0.3) is 0 Å². The molecule has 0 saturated carbocycles. The molecule has 0 bridgehead atoms. The molecule has 1 aromatic heterocycles. The Balaban J connectivity index is 1.28. The molecule has 3 aromatic rings. The van der Waals surface area contributed by atoms with Crippen LogP contribution in [0.25, 0.3) is 11.3 Å². The summed E-state index contributed by atoms with van der Waals surface area (Å²) < 4.78 is 5.40. The van der Waals surface area contributed by atoms with Crippen molar-refractivity contribution in [1.82, 2.24) is 10.1 Å². The Labute approximate surface area is 169 Å². The number of benzene rings is 2. The lowest BCUT2D eigenvalue weighted by Gasteiger charge is -2.36. The van der Waals surface area contributed by atoms with Gasteiger partial charge in [-0.25, -0.2) is 0 Å². The van der Waals surface area contributed by atoms with Crippen LogP contribution < -0.4 is 4.90 Å². The van der Waals surface area contributed by atoms with E-state index in [1.165, 1.54) is 0 Å². The lowest BCUT2D eigenvalue weighted by atomic mass is 10.1. The fourth-order valence-electron chi connectivity index (χ4n) is 3.47. The van der Waals surface area contributed by atoms with E-state index in [0.29, 0.717) is 25.9 Å². The van der Waals surface area contributed by atoms with Gasteiger partial charge < -0.3 is 14.3 Å². The Morgan fingerprint density at radius 2 is 1.71 bits per heavy atom. The standard InChI is InChI=1S/C22H22ClN3O2/c23-19-8-4-5-9-21(19)25-12-14-26(15-13-25)22(27)11-10-18-16-20(24-28-18)17-6-2-1-3-7-17/h1-9,16H,10-15H2. The van der Waals surface area contributed by atoms with E-state index in [2.05, 4.69) is 10.1 Å². The van der Waals surface area contributed by atoms with Crippen LogP contribution in [0.2, 0.25) is 5.02 Å². The summed E-state index contributed by atoms with van der Waals surface area (Å²) in [5, 5.41) is 4.86. The molecule has 0 N–H and O–H groups in total. The second kappa shape index (κ2) is 8.48. The normalized spacial score (nSPS) is 14.3. The zero-order valence-corrected chi connectivity index (χ0v) is 16.3. The second-order valence-electron chi connectivity index (χ2n) is 6.86. The van der Waals surface area contributed by atoms with Crippen LogP contribution in [0, 0.1) is 0 Å². The van der Waals surface area contributed by atoms with Crippen LogP contribution in [-0.2, 0) is 11.2 Å². The molecule has 28 heavy (non-hydrogen) atoms. The van der Waals surface area contributed by atoms with E-state index >= 15 is 0 Å². The molecule has 6 heteroatoms. The molecule has 1 saturated heterocycles. The summed E-state index contributed by atoms with van der Waals surface area (Å²) in [6, 6.07) is 19.6.